The van der Waals surface area contributed by atoms with Gasteiger partial charge in [-0.15, -0.1) is 0 Å². The number of imidazole rings is 1. The number of aryl methyl sites for hydroxylation is 1. The Morgan fingerprint density at radius 1 is 1.12 bits per heavy atom. The van der Waals surface area contributed by atoms with E-state index < -0.39 is 30.4 Å². The van der Waals surface area contributed by atoms with Gasteiger partial charge >= 0.3 is 6.09 Å². The van der Waals surface area contributed by atoms with Gasteiger partial charge in [0.05, 0.1) is 12.9 Å². The Kier molecular flexibility index (Phi) is 7.75. The molecule has 5 heterocycles. The number of nitrogen functional groups attached to an aromatic ring is 1. The molecule has 6 rings (SSSR count). The van der Waals surface area contributed by atoms with Crippen LogP contribution in [0.15, 0.2) is 6.33 Å². The third-order valence-electron chi connectivity index (χ3n) is 8.44. The van der Waals surface area contributed by atoms with Gasteiger partial charge in [0, 0.05) is 38.0 Å². The highest BCUT2D eigenvalue weighted by Gasteiger charge is 2.48. The first kappa shape index (κ1) is 27.1. The minimum absolute atomic E-state index is 0.101. The molecule has 3 unspecified atom stereocenters. The van der Waals surface area contributed by atoms with E-state index in [1.54, 1.807) is 4.90 Å². The Morgan fingerprint density at radius 3 is 2.65 bits per heavy atom. The molecule has 5 atom stereocenters. The number of fused-ring (bicyclic) bond motifs is 1. The van der Waals surface area contributed by atoms with Crippen molar-refractivity contribution in [1.29, 1.82) is 0 Å². The number of rotatable bonds is 8. The Morgan fingerprint density at radius 2 is 1.93 bits per heavy atom. The molecule has 40 heavy (non-hydrogen) atoms. The summed E-state index contributed by atoms with van der Waals surface area (Å²) in [6.45, 7) is 3.69. The maximum atomic E-state index is 12.5. The van der Waals surface area contributed by atoms with Gasteiger partial charge in [0.25, 0.3) is 5.91 Å². The first-order valence-electron chi connectivity index (χ1n) is 14.3. The molecule has 3 aliphatic heterocycles. The number of aliphatic hydroxyl groups excluding tert-OH is 2. The molecule has 14 heteroatoms. The standard InChI is InChI=1S/C26H38N8O6/c27-22-18-23(34(13-29-18)25-20(36)19(35)21(40-25)24(37)30-16-2-3-16)32-17(31-22)4-1-14-6-9-33(10-7-14)26(38)39-12-15-5-8-28-11-15/h13-16,19-21,25,28,35-36H,1-12H2,(H,30,37)(H2,27,31,32)/t15?,19?,20?,21-,25+/m0/s1. The summed E-state index contributed by atoms with van der Waals surface area (Å²) in [4.78, 5) is 40.1. The molecule has 4 aliphatic rings. The lowest BCUT2D eigenvalue weighted by Gasteiger charge is -2.31. The number of carbonyl (C=O) groups excluding carboxylic acids is 2. The number of carbonyl (C=O) groups is 2. The molecule has 1 saturated carbocycles. The van der Waals surface area contributed by atoms with Crippen LogP contribution in [-0.4, -0.2) is 104 Å². The van der Waals surface area contributed by atoms with Gasteiger partial charge in [-0.05, 0) is 51.0 Å². The molecular formula is C26H38N8O6. The number of anilines is 1. The molecule has 4 fully saturated rings. The average Bonchev–Trinajstić information content (AvgIpc) is 3.31. The maximum Gasteiger partial charge on any atom is 0.409 e. The molecule has 14 nitrogen and oxygen atoms in total. The first-order valence-corrected chi connectivity index (χ1v) is 14.3. The zero-order valence-corrected chi connectivity index (χ0v) is 22.4. The van der Waals surface area contributed by atoms with Gasteiger partial charge in [-0.25, -0.2) is 19.7 Å². The summed E-state index contributed by atoms with van der Waals surface area (Å²) in [6, 6.07) is 0.101. The van der Waals surface area contributed by atoms with E-state index >= 15 is 0 Å². The predicted octanol–water partition coefficient (Wildman–Crippen LogP) is -0.303. The zero-order valence-electron chi connectivity index (χ0n) is 22.4. The highest BCUT2D eigenvalue weighted by molar-refractivity contribution is 5.83. The molecule has 2 aromatic heterocycles. The maximum absolute atomic E-state index is 12.5. The largest absolute Gasteiger partial charge is 0.449 e. The van der Waals surface area contributed by atoms with Gasteiger partial charge < -0.3 is 41.0 Å². The highest BCUT2D eigenvalue weighted by Crippen LogP contribution is 2.33. The molecule has 6 N–H and O–H groups in total. The quantitative estimate of drug-likeness (QED) is 0.286. The summed E-state index contributed by atoms with van der Waals surface area (Å²) in [5.41, 5.74) is 6.93. The lowest BCUT2D eigenvalue weighted by molar-refractivity contribution is -0.137. The Hall–Kier alpha value is -3.07. The summed E-state index contributed by atoms with van der Waals surface area (Å²) >= 11 is 0. The van der Waals surface area contributed by atoms with E-state index in [0.717, 1.165) is 51.6 Å². The van der Waals surface area contributed by atoms with Crippen LogP contribution in [0, 0.1) is 11.8 Å². The Balaban J connectivity index is 1.05. The molecule has 1 aliphatic carbocycles. The van der Waals surface area contributed by atoms with Crippen LogP contribution in [0.2, 0.25) is 0 Å². The molecule has 0 bridgehead atoms. The van der Waals surface area contributed by atoms with E-state index in [1.807, 2.05) is 0 Å². The highest BCUT2D eigenvalue weighted by atomic mass is 16.6. The van der Waals surface area contributed by atoms with E-state index in [4.69, 9.17) is 15.2 Å². The fourth-order valence-electron chi connectivity index (χ4n) is 5.77. The first-order chi connectivity index (χ1) is 19.4. The molecular weight excluding hydrogens is 520 g/mol. The Labute approximate surface area is 231 Å². The number of hydrogen-bond acceptors (Lipinski definition) is 11. The lowest BCUT2D eigenvalue weighted by Crippen LogP contribution is -2.43. The number of hydrogen-bond donors (Lipinski definition) is 5. The van der Waals surface area contributed by atoms with Crippen molar-refractivity contribution in [3.63, 3.8) is 0 Å². The normalized spacial score (nSPS) is 29.2. The van der Waals surface area contributed by atoms with Crippen molar-refractivity contribution < 1.29 is 29.3 Å². The van der Waals surface area contributed by atoms with E-state index in [2.05, 4.69) is 25.6 Å². The number of aromatic nitrogens is 4. The minimum Gasteiger partial charge on any atom is -0.449 e. The predicted molar refractivity (Wildman–Crippen MR) is 142 cm³/mol. The molecule has 0 aromatic carbocycles. The van der Waals surface area contributed by atoms with Crippen LogP contribution >= 0.6 is 0 Å². The van der Waals surface area contributed by atoms with Crippen LogP contribution < -0.4 is 16.4 Å². The molecule has 0 spiro atoms. The van der Waals surface area contributed by atoms with Crippen molar-refractivity contribution in [2.24, 2.45) is 11.8 Å². The van der Waals surface area contributed by atoms with Crippen LogP contribution in [0.1, 0.15) is 50.6 Å². The summed E-state index contributed by atoms with van der Waals surface area (Å²) < 4.78 is 12.8. The number of nitrogens with one attached hydrogen (secondary N) is 2. The molecule has 2 amide bonds. The average molecular weight is 559 g/mol. The van der Waals surface area contributed by atoms with Crippen molar-refractivity contribution in [2.75, 3.05) is 38.5 Å². The van der Waals surface area contributed by atoms with Crippen LogP contribution in [0.3, 0.4) is 0 Å². The second-order valence-corrected chi connectivity index (χ2v) is 11.5. The van der Waals surface area contributed by atoms with E-state index in [9.17, 15) is 19.8 Å². The van der Waals surface area contributed by atoms with Crippen molar-refractivity contribution >= 4 is 29.0 Å². The molecule has 0 radical (unpaired) electrons. The van der Waals surface area contributed by atoms with Crippen LogP contribution in [0.5, 0.6) is 0 Å². The minimum atomic E-state index is -1.39. The number of amides is 2. The second kappa shape index (κ2) is 11.4. The van der Waals surface area contributed by atoms with Gasteiger partial charge in [-0.2, -0.15) is 0 Å². The monoisotopic (exact) mass is 558 g/mol. The van der Waals surface area contributed by atoms with Crippen molar-refractivity contribution in [3.8, 4) is 0 Å². The van der Waals surface area contributed by atoms with Gasteiger partial charge in [-0.1, -0.05) is 0 Å². The molecule has 3 saturated heterocycles. The van der Waals surface area contributed by atoms with E-state index in [0.29, 0.717) is 54.9 Å². The van der Waals surface area contributed by atoms with Crippen molar-refractivity contribution in [2.45, 2.75) is 75.5 Å². The number of likely N-dealkylation sites (tertiary alicyclic amines) is 1. The van der Waals surface area contributed by atoms with Crippen LogP contribution in [-0.2, 0) is 20.7 Å². The van der Waals surface area contributed by atoms with Gasteiger partial charge in [0.2, 0.25) is 0 Å². The Bertz CT molecular complexity index is 1220. The topological polar surface area (TPSA) is 190 Å². The van der Waals surface area contributed by atoms with Gasteiger partial charge in [0.15, 0.2) is 23.8 Å². The number of ether oxygens (including phenoxy) is 2. The summed E-state index contributed by atoms with van der Waals surface area (Å²) in [5.74, 6) is 1.12. The van der Waals surface area contributed by atoms with Gasteiger partial charge in [-0.3, -0.25) is 9.36 Å². The van der Waals surface area contributed by atoms with Crippen molar-refractivity contribution in [1.82, 2.24) is 35.1 Å². The number of nitrogens with two attached hydrogens (primary N) is 1. The molecule has 218 valence electrons. The lowest BCUT2D eigenvalue weighted by atomic mass is 9.92. The van der Waals surface area contributed by atoms with Gasteiger partial charge in [0.1, 0.15) is 23.5 Å². The SMILES string of the molecule is Nc1nc(CCC2CCN(C(=O)OCC3CCNC3)CC2)nc2c1ncn2[C@@H]1O[C@H](C(=O)NC2CC2)C(O)C1O. The summed E-state index contributed by atoms with van der Waals surface area (Å²) in [7, 11) is 0. The van der Waals surface area contributed by atoms with E-state index in [1.165, 1.54) is 10.9 Å². The van der Waals surface area contributed by atoms with E-state index in [-0.39, 0.29) is 18.0 Å². The zero-order chi connectivity index (χ0) is 27.8. The summed E-state index contributed by atoms with van der Waals surface area (Å²) in [6.07, 6.45) is 2.23. The second-order valence-electron chi connectivity index (χ2n) is 11.5. The van der Waals surface area contributed by atoms with Crippen LogP contribution in [0.25, 0.3) is 11.2 Å². The third-order valence-corrected chi connectivity index (χ3v) is 8.44. The van der Waals surface area contributed by atoms with Crippen LogP contribution in [0.4, 0.5) is 10.6 Å². The fraction of sp³-hybridized carbons (Fsp3) is 0.731. The number of piperidine rings is 1. The third kappa shape index (κ3) is 5.71. The molecule has 2 aromatic rings. The fourth-order valence-corrected chi connectivity index (χ4v) is 5.77. The van der Waals surface area contributed by atoms with Crippen molar-refractivity contribution in [3.05, 3.63) is 12.2 Å². The summed E-state index contributed by atoms with van der Waals surface area (Å²) in [5, 5.41) is 27.3. The number of nitrogens with zero attached hydrogens (tertiary/aromatic N) is 5. The number of aliphatic hydroxyl groups is 2. The smallest absolute Gasteiger partial charge is 0.409 e.